The molecule has 0 spiro atoms. The first-order valence-corrected chi connectivity index (χ1v) is 8.55. The molecule has 4 nitrogen and oxygen atoms in total. The van der Waals surface area contributed by atoms with Crippen molar-refractivity contribution in [3.63, 3.8) is 0 Å². The molecule has 0 atom stereocenters. The molecule has 3 rings (SSSR count). The number of piperidine rings is 1. The second kappa shape index (κ2) is 7.99. The number of nitrogens with one attached hydrogen (secondary N) is 1. The van der Waals surface area contributed by atoms with E-state index in [1.165, 1.54) is 24.3 Å². The van der Waals surface area contributed by atoms with E-state index in [0.717, 1.165) is 44.5 Å². The quantitative estimate of drug-likeness (QED) is 0.801. The van der Waals surface area contributed by atoms with Gasteiger partial charge in [0.15, 0.2) is 11.6 Å². The molecule has 0 unspecified atom stereocenters. The Balaban J connectivity index is 1.79. The van der Waals surface area contributed by atoms with Crippen LogP contribution in [0, 0.1) is 11.6 Å². The molecule has 2 aromatic rings. The standard InChI is InChI=1S/C20H20F2N2O2/c21-16-12-18(19(13-17(16)22)24-9-2-1-3-10-24)23-20(26)8-7-14-5-4-6-15(25)11-14/h4-8,11-13,25H,1-3,9-10H2,(H,23,26)/b8-7+. The van der Waals surface area contributed by atoms with Gasteiger partial charge in [0.1, 0.15) is 5.75 Å². The Hall–Kier alpha value is -2.89. The lowest BCUT2D eigenvalue weighted by Crippen LogP contribution is -2.30. The molecule has 26 heavy (non-hydrogen) atoms. The number of anilines is 2. The summed E-state index contributed by atoms with van der Waals surface area (Å²) >= 11 is 0. The van der Waals surface area contributed by atoms with Crippen LogP contribution in [0.2, 0.25) is 0 Å². The zero-order valence-electron chi connectivity index (χ0n) is 14.2. The number of hydrogen-bond donors (Lipinski definition) is 2. The summed E-state index contributed by atoms with van der Waals surface area (Å²) in [4.78, 5) is 14.2. The number of carbonyl (C=O) groups is 1. The van der Waals surface area contributed by atoms with Crippen LogP contribution in [0.5, 0.6) is 5.75 Å². The lowest BCUT2D eigenvalue weighted by atomic mass is 10.1. The summed E-state index contributed by atoms with van der Waals surface area (Å²) in [7, 11) is 0. The van der Waals surface area contributed by atoms with Gasteiger partial charge in [0, 0.05) is 31.3 Å². The molecule has 2 aromatic carbocycles. The number of phenols is 1. The van der Waals surface area contributed by atoms with Crippen molar-refractivity contribution in [2.75, 3.05) is 23.3 Å². The molecule has 1 fully saturated rings. The maximum absolute atomic E-state index is 13.7. The van der Waals surface area contributed by atoms with Gasteiger partial charge in [-0.05, 0) is 43.0 Å². The van der Waals surface area contributed by atoms with Gasteiger partial charge < -0.3 is 15.3 Å². The van der Waals surface area contributed by atoms with Crippen molar-refractivity contribution in [3.05, 3.63) is 59.7 Å². The summed E-state index contributed by atoms with van der Waals surface area (Å²) in [6, 6.07) is 8.59. The molecule has 0 aliphatic carbocycles. The summed E-state index contributed by atoms with van der Waals surface area (Å²) in [5.41, 5.74) is 1.39. The van der Waals surface area contributed by atoms with Gasteiger partial charge in [0.05, 0.1) is 11.4 Å². The SMILES string of the molecule is O=C(/C=C/c1cccc(O)c1)Nc1cc(F)c(F)cc1N1CCCCC1. The third-order valence-corrected chi connectivity index (χ3v) is 4.29. The van der Waals surface area contributed by atoms with Crippen LogP contribution in [0.15, 0.2) is 42.5 Å². The van der Waals surface area contributed by atoms with E-state index in [0.29, 0.717) is 11.3 Å². The van der Waals surface area contributed by atoms with Crippen LogP contribution in [0.3, 0.4) is 0 Å². The number of halogens is 2. The van der Waals surface area contributed by atoms with E-state index in [1.807, 2.05) is 4.90 Å². The minimum atomic E-state index is -1.00. The van der Waals surface area contributed by atoms with Crippen molar-refractivity contribution in [1.29, 1.82) is 0 Å². The minimum Gasteiger partial charge on any atom is -0.508 e. The summed E-state index contributed by atoms with van der Waals surface area (Å²) in [5.74, 6) is -2.30. The van der Waals surface area contributed by atoms with E-state index < -0.39 is 17.5 Å². The molecule has 1 heterocycles. The fourth-order valence-corrected chi connectivity index (χ4v) is 3.01. The van der Waals surface area contributed by atoms with E-state index >= 15 is 0 Å². The van der Waals surface area contributed by atoms with Crippen molar-refractivity contribution in [2.24, 2.45) is 0 Å². The smallest absolute Gasteiger partial charge is 0.248 e. The van der Waals surface area contributed by atoms with Gasteiger partial charge in [-0.1, -0.05) is 12.1 Å². The minimum absolute atomic E-state index is 0.0977. The van der Waals surface area contributed by atoms with Crippen LogP contribution < -0.4 is 10.2 Å². The van der Waals surface area contributed by atoms with Crippen molar-refractivity contribution in [2.45, 2.75) is 19.3 Å². The normalized spacial score (nSPS) is 14.6. The molecule has 2 N–H and O–H groups in total. The maximum atomic E-state index is 13.7. The van der Waals surface area contributed by atoms with Crippen LogP contribution >= 0.6 is 0 Å². The molecule has 0 radical (unpaired) electrons. The van der Waals surface area contributed by atoms with Gasteiger partial charge >= 0.3 is 0 Å². The molecule has 1 aliphatic heterocycles. The van der Waals surface area contributed by atoms with Crippen LogP contribution in [-0.2, 0) is 4.79 Å². The highest BCUT2D eigenvalue weighted by Crippen LogP contribution is 2.31. The molecule has 1 aliphatic rings. The first kappa shape index (κ1) is 17.9. The fourth-order valence-electron chi connectivity index (χ4n) is 3.01. The van der Waals surface area contributed by atoms with Gasteiger partial charge in [-0.3, -0.25) is 4.79 Å². The number of aromatic hydroxyl groups is 1. The Morgan fingerprint density at radius 2 is 1.81 bits per heavy atom. The molecule has 1 saturated heterocycles. The van der Waals surface area contributed by atoms with E-state index in [2.05, 4.69) is 5.32 Å². The van der Waals surface area contributed by atoms with Crippen molar-refractivity contribution in [3.8, 4) is 5.75 Å². The van der Waals surface area contributed by atoms with Crippen LogP contribution in [-0.4, -0.2) is 24.1 Å². The third kappa shape index (κ3) is 4.39. The van der Waals surface area contributed by atoms with Gasteiger partial charge in [0.25, 0.3) is 0 Å². The summed E-state index contributed by atoms with van der Waals surface area (Å²) in [5, 5.41) is 12.1. The largest absolute Gasteiger partial charge is 0.508 e. The second-order valence-corrected chi connectivity index (χ2v) is 6.25. The average Bonchev–Trinajstić information content (AvgIpc) is 2.64. The molecule has 6 heteroatoms. The van der Waals surface area contributed by atoms with Gasteiger partial charge in [-0.2, -0.15) is 0 Å². The monoisotopic (exact) mass is 358 g/mol. The lowest BCUT2D eigenvalue weighted by molar-refractivity contribution is -0.111. The maximum Gasteiger partial charge on any atom is 0.248 e. The highest BCUT2D eigenvalue weighted by Gasteiger charge is 2.18. The molecule has 1 amide bonds. The molecular formula is C20H20F2N2O2. The van der Waals surface area contributed by atoms with Gasteiger partial charge in [-0.15, -0.1) is 0 Å². The summed E-state index contributed by atoms with van der Waals surface area (Å²) in [6.07, 6.45) is 5.88. The Labute approximate surface area is 150 Å². The topological polar surface area (TPSA) is 52.6 Å². The zero-order valence-corrected chi connectivity index (χ0v) is 14.2. The Kier molecular flexibility index (Phi) is 5.51. The number of rotatable bonds is 4. The van der Waals surface area contributed by atoms with Crippen LogP contribution in [0.4, 0.5) is 20.2 Å². The summed E-state index contributed by atoms with van der Waals surface area (Å²) in [6.45, 7) is 1.49. The molecule has 0 saturated carbocycles. The lowest BCUT2D eigenvalue weighted by Gasteiger charge is -2.30. The number of nitrogens with zero attached hydrogens (tertiary/aromatic N) is 1. The van der Waals surface area contributed by atoms with Crippen molar-refractivity contribution in [1.82, 2.24) is 0 Å². The predicted molar refractivity (Wildman–Crippen MR) is 98.2 cm³/mol. The predicted octanol–water partition coefficient (Wildman–Crippen LogP) is 4.31. The van der Waals surface area contributed by atoms with E-state index in [4.69, 9.17) is 0 Å². The Bertz CT molecular complexity index is 831. The number of hydrogen-bond acceptors (Lipinski definition) is 3. The number of phenolic OH excluding ortho intramolecular Hbond substituents is 1. The highest BCUT2D eigenvalue weighted by atomic mass is 19.2. The summed E-state index contributed by atoms with van der Waals surface area (Å²) < 4.78 is 27.4. The highest BCUT2D eigenvalue weighted by molar-refractivity contribution is 6.03. The first-order chi connectivity index (χ1) is 12.5. The molecule has 0 bridgehead atoms. The van der Waals surface area contributed by atoms with E-state index in [9.17, 15) is 18.7 Å². The molecular weight excluding hydrogens is 338 g/mol. The van der Waals surface area contributed by atoms with Crippen molar-refractivity contribution >= 4 is 23.4 Å². The van der Waals surface area contributed by atoms with Crippen LogP contribution in [0.1, 0.15) is 24.8 Å². The van der Waals surface area contributed by atoms with Crippen molar-refractivity contribution < 1.29 is 18.7 Å². The van der Waals surface area contributed by atoms with Gasteiger partial charge in [-0.25, -0.2) is 8.78 Å². The molecule has 0 aromatic heterocycles. The number of benzene rings is 2. The second-order valence-electron chi connectivity index (χ2n) is 6.25. The number of carbonyl (C=O) groups excluding carboxylic acids is 1. The van der Waals surface area contributed by atoms with E-state index in [-0.39, 0.29) is 11.4 Å². The van der Waals surface area contributed by atoms with Crippen LogP contribution in [0.25, 0.3) is 6.08 Å². The Morgan fingerprint density at radius 1 is 1.08 bits per heavy atom. The zero-order chi connectivity index (χ0) is 18.5. The average molecular weight is 358 g/mol. The first-order valence-electron chi connectivity index (χ1n) is 8.55. The third-order valence-electron chi connectivity index (χ3n) is 4.29. The Morgan fingerprint density at radius 3 is 2.54 bits per heavy atom. The molecule has 136 valence electrons. The van der Waals surface area contributed by atoms with E-state index in [1.54, 1.807) is 12.1 Å². The fraction of sp³-hybridized carbons (Fsp3) is 0.250. The van der Waals surface area contributed by atoms with Gasteiger partial charge in [0.2, 0.25) is 5.91 Å². The number of amides is 1.